The first-order valence-electron chi connectivity index (χ1n) is 11.3. The van der Waals surface area contributed by atoms with E-state index in [0.29, 0.717) is 15.6 Å². The summed E-state index contributed by atoms with van der Waals surface area (Å²) in [6.07, 6.45) is 0.777. The number of carboxylic acids is 2. The summed E-state index contributed by atoms with van der Waals surface area (Å²) in [5.74, 6) is -2.86. The fourth-order valence-corrected chi connectivity index (χ4v) is 4.35. The molecule has 0 fully saturated rings. The van der Waals surface area contributed by atoms with Gasteiger partial charge in [-0.3, -0.25) is 19.7 Å². The predicted molar refractivity (Wildman–Crippen MR) is 141 cm³/mol. The molecular formula is C26H33IN2O6. The minimum Gasteiger partial charge on any atom is -0.506 e. The summed E-state index contributed by atoms with van der Waals surface area (Å²) in [4.78, 5) is 37.7. The first kappa shape index (κ1) is 28.6. The highest BCUT2D eigenvalue weighted by molar-refractivity contribution is 14.1. The van der Waals surface area contributed by atoms with Crippen molar-refractivity contribution in [3.8, 4) is 5.75 Å². The molecular weight excluding hydrogens is 563 g/mol. The minimum atomic E-state index is -1.20. The molecule has 35 heavy (non-hydrogen) atoms. The number of benzene rings is 2. The summed E-state index contributed by atoms with van der Waals surface area (Å²) < 4.78 is 0.603. The molecule has 2 atom stereocenters. The van der Waals surface area contributed by atoms with Crippen LogP contribution in [0.25, 0.3) is 0 Å². The number of nitrogens with zero attached hydrogens (tertiary/aromatic N) is 1. The summed E-state index contributed by atoms with van der Waals surface area (Å²) in [5.41, 5.74) is 2.14. The molecule has 0 aliphatic heterocycles. The number of carboxylic acid groups (broad SMARTS) is 2. The van der Waals surface area contributed by atoms with Crippen LogP contribution in [-0.2, 0) is 32.8 Å². The number of rotatable bonds is 11. The third kappa shape index (κ3) is 8.50. The average Bonchev–Trinajstić information content (AvgIpc) is 2.77. The Morgan fingerprint density at radius 2 is 1.71 bits per heavy atom. The molecule has 0 aliphatic carbocycles. The number of amides is 1. The van der Waals surface area contributed by atoms with Gasteiger partial charge in [-0.05, 0) is 71.0 Å². The molecule has 0 saturated heterocycles. The van der Waals surface area contributed by atoms with E-state index in [0.717, 1.165) is 16.0 Å². The molecule has 190 valence electrons. The van der Waals surface area contributed by atoms with E-state index >= 15 is 0 Å². The Morgan fingerprint density at radius 3 is 2.26 bits per heavy atom. The van der Waals surface area contributed by atoms with E-state index in [9.17, 15) is 29.7 Å². The van der Waals surface area contributed by atoms with Crippen molar-refractivity contribution in [2.75, 3.05) is 6.54 Å². The van der Waals surface area contributed by atoms with Gasteiger partial charge >= 0.3 is 11.9 Å². The van der Waals surface area contributed by atoms with Crippen LogP contribution >= 0.6 is 22.6 Å². The Bertz CT molecular complexity index is 1050. The van der Waals surface area contributed by atoms with Gasteiger partial charge in [0, 0.05) is 5.56 Å². The summed E-state index contributed by atoms with van der Waals surface area (Å²) in [7, 11) is 0. The molecule has 0 bridgehead atoms. The van der Waals surface area contributed by atoms with Crippen LogP contribution in [0.4, 0.5) is 0 Å². The maximum absolute atomic E-state index is 13.2. The second kappa shape index (κ2) is 12.3. The van der Waals surface area contributed by atoms with Crippen molar-refractivity contribution in [1.82, 2.24) is 10.2 Å². The topological polar surface area (TPSA) is 127 Å². The predicted octanol–water partition coefficient (Wildman–Crippen LogP) is 3.77. The van der Waals surface area contributed by atoms with Gasteiger partial charge in [-0.1, -0.05) is 51.1 Å². The van der Waals surface area contributed by atoms with Crippen LogP contribution in [0.3, 0.4) is 0 Å². The third-order valence-corrected chi connectivity index (χ3v) is 6.51. The molecule has 4 N–H and O–H groups in total. The number of carbonyl (C=O) groups excluding carboxylic acids is 1. The third-order valence-electron chi connectivity index (χ3n) is 5.69. The van der Waals surface area contributed by atoms with E-state index in [1.807, 2.05) is 79.8 Å². The number of aryl methyl sites for hydroxylation is 1. The summed E-state index contributed by atoms with van der Waals surface area (Å²) in [5, 5.41) is 32.5. The number of phenolic OH excluding ortho intramolecular Hbond substituents is 1. The van der Waals surface area contributed by atoms with Gasteiger partial charge in [-0.2, -0.15) is 0 Å². The number of phenols is 1. The molecule has 0 radical (unpaired) electrons. The van der Waals surface area contributed by atoms with Gasteiger partial charge in [0.1, 0.15) is 18.3 Å². The molecule has 0 spiro atoms. The lowest BCUT2D eigenvalue weighted by molar-refractivity contribution is -0.146. The molecule has 9 heteroatoms. The van der Waals surface area contributed by atoms with Crippen molar-refractivity contribution in [3.63, 3.8) is 0 Å². The van der Waals surface area contributed by atoms with Crippen LogP contribution < -0.4 is 5.32 Å². The first-order valence-corrected chi connectivity index (χ1v) is 12.4. The number of hydrogen-bond donors (Lipinski definition) is 4. The van der Waals surface area contributed by atoms with Crippen LogP contribution in [0, 0.1) is 3.57 Å². The Balaban J connectivity index is 2.21. The van der Waals surface area contributed by atoms with Crippen molar-refractivity contribution in [2.45, 2.75) is 64.6 Å². The van der Waals surface area contributed by atoms with E-state index in [-0.39, 0.29) is 24.1 Å². The number of nitrogens with one attached hydrogen (secondary N) is 1. The molecule has 0 aliphatic rings. The molecule has 2 aromatic rings. The number of aliphatic carboxylic acids is 2. The fraction of sp³-hybridized carbons (Fsp3) is 0.423. The lowest BCUT2D eigenvalue weighted by Crippen LogP contribution is -2.51. The van der Waals surface area contributed by atoms with E-state index < -0.39 is 36.5 Å². The Kier molecular flexibility index (Phi) is 10.1. The van der Waals surface area contributed by atoms with E-state index in [2.05, 4.69) is 5.32 Å². The average molecular weight is 596 g/mol. The van der Waals surface area contributed by atoms with Crippen LogP contribution in [-0.4, -0.2) is 56.7 Å². The maximum Gasteiger partial charge on any atom is 0.323 e. The van der Waals surface area contributed by atoms with Crippen molar-refractivity contribution >= 4 is 40.4 Å². The summed E-state index contributed by atoms with van der Waals surface area (Å²) >= 11 is 2.01. The monoisotopic (exact) mass is 596 g/mol. The first-order chi connectivity index (χ1) is 16.3. The largest absolute Gasteiger partial charge is 0.506 e. The van der Waals surface area contributed by atoms with Crippen LogP contribution in [0.5, 0.6) is 5.75 Å². The second-order valence-electron chi connectivity index (χ2n) is 9.61. The maximum atomic E-state index is 13.2. The lowest BCUT2D eigenvalue weighted by atomic mass is 9.86. The Morgan fingerprint density at radius 1 is 1.09 bits per heavy atom. The summed E-state index contributed by atoms with van der Waals surface area (Å²) in [6.45, 7) is 6.88. The minimum absolute atomic E-state index is 0.00586. The van der Waals surface area contributed by atoms with Crippen LogP contribution in [0.2, 0.25) is 0 Å². The second-order valence-corrected chi connectivity index (χ2v) is 10.8. The van der Waals surface area contributed by atoms with Gasteiger partial charge in [0.15, 0.2) is 0 Å². The molecule has 0 unspecified atom stereocenters. The highest BCUT2D eigenvalue weighted by atomic mass is 127. The lowest BCUT2D eigenvalue weighted by Gasteiger charge is -2.28. The number of carbonyl (C=O) groups is 3. The van der Waals surface area contributed by atoms with Crippen molar-refractivity contribution in [3.05, 3.63) is 62.7 Å². The summed E-state index contributed by atoms with van der Waals surface area (Å²) in [6, 6.07) is 11.1. The van der Waals surface area contributed by atoms with Crippen molar-refractivity contribution in [2.24, 2.45) is 0 Å². The van der Waals surface area contributed by atoms with Crippen molar-refractivity contribution < 1.29 is 29.7 Å². The SMILES string of the molecule is C[C@H](N[C@@H](CCc1ccccc1)C(=O)O)C(=O)N(CC(=O)O)Cc1cc(C(C)(C)C)cc(I)c1O. The van der Waals surface area contributed by atoms with Gasteiger partial charge < -0.3 is 20.2 Å². The van der Waals surface area contributed by atoms with Gasteiger partial charge in [0.05, 0.1) is 16.2 Å². The fourth-order valence-electron chi connectivity index (χ4n) is 3.67. The van der Waals surface area contributed by atoms with E-state index in [1.165, 1.54) is 6.92 Å². The smallest absolute Gasteiger partial charge is 0.323 e. The molecule has 0 aromatic heterocycles. The van der Waals surface area contributed by atoms with Gasteiger partial charge in [0.2, 0.25) is 5.91 Å². The Hall–Kier alpha value is -2.66. The van der Waals surface area contributed by atoms with E-state index in [1.54, 1.807) is 6.07 Å². The van der Waals surface area contributed by atoms with Crippen LogP contribution in [0.15, 0.2) is 42.5 Å². The standard InChI is InChI=1S/C26H33IN2O6/c1-16(28-21(25(34)35)11-10-17-8-6-5-7-9-17)24(33)29(15-22(30)31)14-18-12-19(26(2,3)4)13-20(27)23(18)32/h5-9,12-13,16,21,28,32H,10-11,14-15H2,1-4H3,(H,30,31)(H,34,35)/t16-,21-/m0/s1. The molecule has 2 rings (SSSR count). The van der Waals surface area contributed by atoms with Gasteiger partial charge in [-0.25, -0.2) is 0 Å². The van der Waals surface area contributed by atoms with Gasteiger partial charge in [-0.15, -0.1) is 0 Å². The highest BCUT2D eigenvalue weighted by Crippen LogP contribution is 2.32. The van der Waals surface area contributed by atoms with Crippen molar-refractivity contribution in [1.29, 1.82) is 0 Å². The normalized spacial score (nSPS) is 13.2. The molecule has 2 aromatic carbocycles. The number of aromatic hydroxyl groups is 1. The quantitative estimate of drug-likeness (QED) is 0.291. The zero-order valence-corrected chi connectivity index (χ0v) is 22.6. The molecule has 0 saturated carbocycles. The molecule has 0 heterocycles. The Labute approximate surface area is 219 Å². The molecule has 8 nitrogen and oxygen atoms in total. The zero-order chi connectivity index (χ0) is 26.3. The zero-order valence-electron chi connectivity index (χ0n) is 20.4. The molecule has 1 amide bonds. The highest BCUT2D eigenvalue weighted by Gasteiger charge is 2.28. The number of halogens is 1. The van der Waals surface area contributed by atoms with Crippen LogP contribution in [0.1, 0.15) is 50.8 Å². The van der Waals surface area contributed by atoms with Gasteiger partial charge in [0.25, 0.3) is 0 Å². The number of hydrogen-bond acceptors (Lipinski definition) is 5. The van der Waals surface area contributed by atoms with E-state index in [4.69, 9.17) is 0 Å².